The molecule has 0 saturated heterocycles. The summed E-state index contributed by atoms with van der Waals surface area (Å²) in [5.41, 5.74) is 0.842. The Bertz CT molecular complexity index is 539. The first-order valence-corrected chi connectivity index (χ1v) is 6.05. The summed E-state index contributed by atoms with van der Waals surface area (Å²) in [5.74, 6) is 0.458. The van der Waals surface area contributed by atoms with E-state index < -0.39 is 0 Å². The van der Waals surface area contributed by atoms with E-state index in [4.69, 9.17) is 46.4 Å². The van der Waals surface area contributed by atoms with Crippen LogP contribution in [-0.2, 0) is 6.42 Å². The fourth-order valence-corrected chi connectivity index (χ4v) is 2.15. The Balaban J connectivity index is 2.31. The molecule has 0 amide bonds. The molecule has 0 aliphatic rings. The van der Waals surface area contributed by atoms with Crippen LogP contribution in [0.2, 0.25) is 20.6 Å². The molecule has 0 atom stereocenters. The van der Waals surface area contributed by atoms with Crippen molar-refractivity contribution >= 4 is 46.4 Å². The molecule has 0 saturated carbocycles. The van der Waals surface area contributed by atoms with Crippen LogP contribution in [0.4, 0.5) is 0 Å². The molecule has 0 aliphatic heterocycles. The minimum absolute atomic E-state index is 0.0603. The van der Waals surface area contributed by atoms with E-state index >= 15 is 0 Å². The predicted molar refractivity (Wildman–Crippen MR) is 69.1 cm³/mol. The van der Waals surface area contributed by atoms with Gasteiger partial charge in [-0.1, -0.05) is 29.3 Å². The van der Waals surface area contributed by atoms with Crippen LogP contribution in [0.3, 0.4) is 0 Å². The van der Waals surface area contributed by atoms with E-state index in [2.05, 4.69) is 15.0 Å². The molecular weight excluding hydrogens is 304 g/mol. The first-order valence-electron chi connectivity index (χ1n) is 4.54. The summed E-state index contributed by atoms with van der Waals surface area (Å²) < 4.78 is 0. The number of hydrogen-bond acceptors (Lipinski definition) is 3. The summed E-state index contributed by atoms with van der Waals surface area (Å²) in [6, 6.07) is 5.20. The number of rotatable bonds is 2. The second kappa shape index (κ2) is 5.36. The van der Waals surface area contributed by atoms with Crippen LogP contribution in [0.15, 0.2) is 18.2 Å². The summed E-state index contributed by atoms with van der Waals surface area (Å²) in [4.78, 5) is 11.6. The van der Waals surface area contributed by atoms with Gasteiger partial charge in [0.2, 0.25) is 10.6 Å². The average Bonchev–Trinajstić information content (AvgIpc) is 2.21. The molecule has 0 radical (unpaired) electrons. The van der Waals surface area contributed by atoms with Gasteiger partial charge in [-0.3, -0.25) is 0 Å². The molecule has 0 bridgehead atoms. The van der Waals surface area contributed by atoms with Gasteiger partial charge in [0.15, 0.2) is 0 Å². The van der Waals surface area contributed by atoms with Gasteiger partial charge in [-0.15, -0.1) is 0 Å². The fraction of sp³-hybridized carbons (Fsp3) is 0.100. The van der Waals surface area contributed by atoms with Gasteiger partial charge in [-0.05, 0) is 40.9 Å². The van der Waals surface area contributed by atoms with E-state index in [1.807, 2.05) is 0 Å². The predicted octanol–water partition coefficient (Wildman–Crippen LogP) is 4.08. The van der Waals surface area contributed by atoms with Gasteiger partial charge < -0.3 is 0 Å². The number of benzene rings is 1. The van der Waals surface area contributed by atoms with E-state index in [9.17, 15) is 0 Å². The minimum atomic E-state index is 0.0603. The minimum Gasteiger partial charge on any atom is -0.202 e. The molecule has 3 nitrogen and oxygen atoms in total. The first-order chi connectivity index (χ1) is 8.04. The highest BCUT2D eigenvalue weighted by Gasteiger charge is 2.07. The first kappa shape index (κ1) is 12.8. The average molecular weight is 309 g/mol. The van der Waals surface area contributed by atoms with E-state index in [1.165, 1.54) is 0 Å². The highest BCUT2D eigenvalue weighted by atomic mass is 35.5. The third kappa shape index (κ3) is 3.42. The van der Waals surface area contributed by atoms with Gasteiger partial charge >= 0.3 is 0 Å². The molecule has 2 aromatic rings. The van der Waals surface area contributed by atoms with E-state index in [1.54, 1.807) is 18.2 Å². The van der Waals surface area contributed by atoms with Gasteiger partial charge in [-0.2, -0.15) is 4.98 Å². The van der Waals surface area contributed by atoms with Crippen LogP contribution in [0.5, 0.6) is 0 Å². The molecule has 0 unspecified atom stereocenters. The zero-order valence-corrected chi connectivity index (χ0v) is 11.3. The third-order valence-electron chi connectivity index (χ3n) is 1.99. The zero-order valence-electron chi connectivity index (χ0n) is 8.29. The molecule has 0 N–H and O–H groups in total. The largest absolute Gasteiger partial charge is 0.226 e. The number of aromatic nitrogens is 3. The van der Waals surface area contributed by atoms with Crippen molar-refractivity contribution in [2.45, 2.75) is 6.42 Å². The smallest absolute Gasteiger partial charge is 0.202 e. The Morgan fingerprint density at radius 1 is 0.882 bits per heavy atom. The number of hydrogen-bond donors (Lipinski definition) is 0. The van der Waals surface area contributed by atoms with Crippen molar-refractivity contribution < 1.29 is 0 Å². The van der Waals surface area contributed by atoms with Crippen molar-refractivity contribution in [1.29, 1.82) is 0 Å². The molecule has 0 spiro atoms. The molecule has 2 rings (SSSR count). The zero-order chi connectivity index (χ0) is 12.4. The van der Waals surface area contributed by atoms with Crippen LogP contribution in [0, 0.1) is 0 Å². The second-order valence-corrected chi connectivity index (χ2v) is 4.72. The van der Waals surface area contributed by atoms with E-state index in [0.717, 1.165) is 5.56 Å². The lowest BCUT2D eigenvalue weighted by molar-refractivity contribution is 0.919. The fourth-order valence-electron chi connectivity index (χ4n) is 1.28. The lowest BCUT2D eigenvalue weighted by atomic mass is 10.1. The van der Waals surface area contributed by atoms with Crippen molar-refractivity contribution in [3.05, 3.63) is 50.2 Å². The summed E-state index contributed by atoms with van der Waals surface area (Å²) in [5, 5.41) is 1.24. The molecular formula is C10H5Cl4N3. The van der Waals surface area contributed by atoms with Crippen molar-refractivity contribution in [3.63, 3.8) is 0 Å². The Kier molecular flexibility index (Phi) is 4.05. The number of nitrogens with zero attached hydrogens (tertiary/aromatic N) is 3. The van der Waals surface area contributed by atoms with Crippen LogP contribution in [0.25, 0.3) is 0 Å². The van der Waals surface area contributed by atoms with Crippen LogP contribution >= 0.6 is 46.4 Å². The molecule has 0 aliphatic carbocycles. The lowest BCUT2D eigenvalue weighted by Gasteiger charge is -2.04. The van der Waals surface area contributed by atoms with E-state index in [0.29, 0.717) is 22.3 Å². The Hall–Kier alpha value is -0.610. The monoisotopic (exact) mass is 307 g/mol. The molecule has 7 heteroatoms. The van der Waals surface area contributed by atoms with Crippen LogP contribution in [-0.4, -0.2) is 15.0 Å². The lowest BCUT2D eigenvalue weighted by Crippen LogP contribution is -2.00. The van der Waals surface area contributed by atoms with Crippen molar-refractivity contribution in [1.82, 2.24) is 15.0 Å². The topological polar surface area (TPSA) is 38.7 Å². The van der Waals surface area contributed by atoms with Crippen LogP contribution in [0.1, 0.15) is 11.4 Å². The van der Waals surface area contributed by atoms with Crippen molar-refractivity contribution in [2.75, 3.05) is 0 Å². The quantitative estimate of drug-likeness (QED) is 0.839. The standard InChI is InChI=1S/C10H5Cl4N3/c11-6-2-1-5(7(12)4-6)3-8-15-9(13)17-10(14)16-8/h1-2,4H,3H2. The van der Waals surface area contributed by atoms with Gasteiger partial charge in [0.25, 0.3) is 0 Å². The van der Waals surface area contributed by atoms with Gasteiger partial charge in [0.1, 0.15) is 5.82 Å². The van der Waals surface area contributed by atoms with Gasteiger partial charge in [-0.25, -0.2) is 9.97 Å². The maximum Gasteiger partial charge on any atom is 0.226 e. The van der Waals surface area contributed by atoms with Crippen molar-refractivity contribution in [3.8, 4) is 0 Å². The van der Waals surface area contributed by atoms with Gasteiger partial charge in [0, 0.05) is 16.5 Å². The third-order valence-corrected chi connectivity index (χ3v) is 2.92. The molecule has 17 heavy (non-hydrogen) atoms. The van der Waals surface area contributed by atoms with Crippen LogP contribution < -0.4 is 0 Å². The molecule has 0 fully saturated rings. The summed E-state index contributed by atoms with van der Waals surface area (Å²) in [6.45, 7) is 0. The van der Waals surface area contributed by atoms with E-state index in [-0.39, 0.29) is 10.6 Å². The highest BCUT2D eigenvalue weighted by Crippen LogP contribution is 2.23. The molecule has 1 aromatic heterocycles. The Labute approximate surface area is 118 Å². The SMILES string of the molecule is Clc1ccc(Cc2nc(Cl)nc(Cl)n2)c(Cl)c1. The maximum absolute atomic E-state index is 6.04. The summed E-state index contributed by atoms with van der Waals surface area (Å²) in [7, 11) is 0. The number of halogens is 4. The second-order valence-electron chi connectivity index (χ2n) is 3.20. The van der Waals surface area contributed by atoms with Gasteiger partial charge in [0.05, 0.1) is 0 Å². The highest BCUT2D eigenvalue weighted by molar-refractivity contribution is 6.35. The Morgan fingerprint density at radius 3 is 2.12 bits per heavy atom. The molecule has 1 aromatic carbocycles. The molecule has 88 valence electrons. The Morgan fingerprint density at radius 2 is 1.53 bits per heavy atom. The molecule has 1 heterocycles. The maximum atomic E-state index is 6.04. The summed E-state index contributed by atoms with van der Waals surface area (Å²) in [6.07, 6.45) is 0.415. The van der Waals surface area contributed by atoms with Crippen molar-refractivity contribution in [2.24, 2.45) is 0 Å². The summed E-state index contributed by atoms with van der Waals surface area (Å²) >= 11 is 23.2. The normalized spacial score (nSPS) is 10.6.